The van der Waals surface area contributed by atoms with E-state index in [1.165, 1.54) is 4.90 Å². The molecule has 0 spiro atoms. The molecule has 13 heteroatoms. The summed E-state index contributed by atoms with van der Waals surface area (Å²) >= 11 is 0. The Morgan fingerprint density at radius 1 is 1.02 bits per heavy atom. The summed E-state index contributed by atoms with van der Waals surface area (Å²) in [4.78, 5) is 49.3. The monoisotopic (exact) mass is 658 g/mol. The number of anilines is 3. The minimum absolute atomic E-state index is 0.0626. The highest BCUT2D eigenvalue weighted by Crippen LogP contribution is 2.21. The van der Waals surface area contributed by atoms with Crippen LogP contribution < -0.4 is 15.5 Å². The zero-order valence-electron chi connectivity index (χ0n) is 27.0. The number of rotatable bonds is 12. The normalized spacial score (nSPS) is 10.1. The second-order valence-corrected chi connectivity index (χ2v) is 10.4. The van der Waals surface area contributed by atoms with Crippen molar-refractivity contribution in [3.63, 3.8) is 0 Å². The molecule has 0 radical (unpaired) electrons. The van der Waals surface area contributed by atoms with E-state index in [0.29, 0.717) is 40.4 Å². The molecule has 0 unspecified atom stereocenters. The Kier molecular flexibility index (Phi) is 12.4. The second-order valence-electron chi connectivity index (χ2n) is 10.4. The number of amides is 1. The van der Waals surface area contributed by atoms with E-state index in [0.717, 1.165) is 17.0 Å². The highest BCUT2D eigenvalue weighted by atomic mass is 16.5. The minimum Gasteiger partial charge on any atom is -0.480 e. The molecule has 0 bridgehead atoms. The fraction of sp³-hybridized carbons (Fsp3) is 0.194. The number of esters is 1. The van der Waals surface area contributed by atoms with E-state index in [2.05, 4.69) is 26.5 Å². The number of benzene rings is 3. The molecular formula is C36H34N8O5. The molecule has 49 heavy (non-hydrogen) atoms. The van der Waals surface area contributed by atoms with E-state index in [4.69, 9.17) is 26.7 Å². The van der Waals surface area contributed by atoms with Crippen molar-refractivity contribution < 1.29 is 24.2 Å². The van der Waals surface area contributed by atoms with Gasteiger partial charge < -0.3 is 25.0 Å². The van der Waals surface area contributed by atoms with Crippen molar-refractivity contribution in [2.45, 2.75) is 19.9 Å². The molecule has 13 nitrogen and oxygen atoms in total. The van der Waals surface area contributed by atoms with E-state index in [9.17, 15) is 14.4 Å². The molecule has 0 atom stereocenters. The summed E-state index contributed by atoms with van der Waals surface area (Å²) in [7, 11) is 1.92. The van der Waals surface area contributed by atoms with Crippen LogP contribution in [-0.2, 0) is 27.9 Å². The highest BCUT2D eigenvalue weighted by Gasteiger charge is 2.21. The molecule has 0 aliphatic carbocycles. The smallest absolute Gasteiger partial charge is 0.322 e. The first-order chi connectivity index (χ1) is 23.7. The van der Waals surface area contributed by atoms with Crippen LogP contribution in [0.5, 0.6) is 0 Å². The van der Waals surface area contributed by atoms with Gasteiger partial charge in [0.2, 0.25) is 0 Å². The van der Waals surface area contributed by atoms with Crippen LogP contribution in [0.25, 0.3) is 15.9 Å². The molecule has 0 fully saturated rings. The number of pyridine rings is 1. The fourth-order valence-electron chi connectivity index (χ4n) is 4.64. The van der Waals surface area contributed by atoms with Gasteiger partial charge >= 0.3 is 11.9 Å². The van der Waals surface area contributed by atoms with Crippen LogP contribution >= 0.6 is 0 Å². The Balaban J connectivity index is 0.000000350. The quantitative estimate of drug-likeness (QED) is 0.110. The Labute approximate surface area is 283 Å². The van der Waals surface area contributed by atoms with Crippen LogP contribution in [0.15, 0.2) is 91.1 Å². The minimum atomic E-state index is -0.908. The lowest BCUT2D eigenvalue weighted by molar-refractivity contribution is -0.142. The lowest BCUT2D eigenvalue weighted by atomic mass is 10.1. The van der Waals surface area contributed by atoms with Gasteiger partial charge in [0.05, 0.1) is 48.8 Å². The van der Waals surface area contributed by atoms with Gasteiger partial charge in [0.1, 0.15) is 18.2 Å². The topological polar surface area (TPSA) is 167 Å². The van der Waals surface area contributed by atoms with Gasteiger partial charge in [-0.1, -0.05) is 18.2 Å². The summed E-state index contributed by atoms with van der Waals surface area (Å²) in [5.74, 6) is -0.300. The summed E-state index contributed by atoms with van der Waals surface area (Å²) in [6, 6.07) is 26.6. The Hall–Kier alpha value is -6.73. The number of ether oxygens (including phenoxy) is 1. The maximum Gasteiger partial charge on any atom is 0.322 e. The number of nitriles is 1. The van der Waals surface area contributed by atoms with Gasteiger partial charge in [-0.05, 0) is 73.7 Å². The lowest BCUT2D eigenvalue weighted by Crippen LogP contribution is -2.34. The summed E-state index contributed by atoms with van der Waals surface area (Å²) in [6.45, 7) is 9.23. The van der Waals surface area contributed by atoms with Crippen molar-refractivity contribution in [3.05, 3.63) is 119 Å². The fourth-order valence-corrected chi connectivity index (χ4v) is 4.64. The van der Waals surface area contributed by atoms with Crippen LogP contribution in [0.1, 0.15) is 35.1 Å². The van der Waals surface area contributed by atoms with Gasteiger partial charge in [0.15, 0.2) is 5.69 Å². The Bertz CT molecular complexity index is 1980. The maximum absolute atomic E-state index is 13.5. The van der Waals surface area contributed by atoms with Crippen molar-refractivity contribution in [3.8, 4) is 6.07 Å². The van der Waals surface area contributed by atoms with Crippen molar-refractivity contribution >= 4 is 51.8 Å². The van der Waals surface area contributed by atoms with E-state index in [1.807, 2.05) is 29.8 Å². The number of nitrogens with zero attached hydrogens (tertiary/aromatic N) is 6. The predicted octanol–water partition coefficient (Wildman–Crippen LogP) is 5.79. The number of nitrogens with one attached hydrogen (secondary N) is 2. The molecule has 3 N–H and O–H groups in total. The van der Waals surface area contributed by atoms with Crippen LogP contribution in [0.3, 0.4) is 0 Å². The number of hydrogen-bond donors (Lipinski definition) is 3. The molecule has 248 valence electrons. The largest absolute Gasteiger partial charge is 0.480 e. The highest BCUT2D eigenvalue weighted by molar-refractivity contribution is 6.07. The Morgan fingerprint density at radius 2 is 1.73 bits per heavy atom. The first-order valence-corrected chi connectivity index (χ1v) is 15.2. The number of fused-ring (bicyclic) bond motifs is 1. The van der Waals surface area contributed by atoms with Crippen molar-refractivity contribution in [2.24, 2.45) is 7.05 Å². The van der Waals surface area contributed by atoms with Gasteiger partial charge in [-0.2, -0.15) is 5.26 Å². The molecule has 0 aliphatic heterocycles. The third-order valence-corrected chi connectivity index (χ3v) is 7.14. The predicted molar refractivity (Wildman–Crippen MR) is 185 cm³/mol. The van der Waals surface area contributed by atoms with E-state index < -0.39 is 5.97 Å². The summed E-state index contributed by atoms with van der Waals surface area (Å²) in [5.41, 5.74) is 4.75. The molecule has 0 saturated carbocycles. The average molecular weight is 659 g/mol. The molecule has 2 heterocycles. The zero-order valence-corrected chi connectivity index (χ0v) is 27.0. The van der Waals surface area contributed by atoms with Crippen LogP contribution in [0, 0.1) is 17.9 Å². The standard InChI is InChI=1S/C27H26N6O3.C9H8N2O2/c1-3-36-26(34)13-15-33(24-6-4-5-14-29-24)27(35)20-9-12-23-22(16-20)31-25(32(23)2)18-30-21-10-7-19(17-28)8-11-21;1-10-7-2-4-8(5-3-7)11-6-9(12)13/h4-12,14,16,30H,3,13,15,18H2,1-2H3;2-5,11H,6H2,(H,12,13). The summed E-state index contributed by atoms with van der Waals surface area (Å²) in [5, 5.41) is 23.3. The van der Waals surface area contributed by atoms with Crippen molar-refractivity contribution in [2.75, 3.05) is 35.2 Å². The molecule has 5 rings (SSSR count). The van der Waals surface area contributed by atoms with Gasteiger partial charge in [-0.3, -0.25) is 19.3 Å². The molecule has 3 aromatic carbocycles. The molecule has 0 aliphatic rings. The number of aliphatic carboxylic acids is 1. The zero-order chi connectivity index (χ0) is 35.2. The third kappa shape index (κ3) is 9.88. The summed E-state index contributed by atoms with van der Waals surface area (Å²) in [6.07, 6.45) is 1.67. The van der Waals surface area contributed by atoms with E-state index in [1.54, 1.807) is 79.9 Å². The van der Waals surface area contributed by atoms with Gasteiger partial charge in [-0.15, -0.1) is 0 Å². The molecule has 0 saturated heterocycles. The van der Waals surface area contributed by atoms with Crippen molar-refractivity contribution in [1.82, 2.24) is 14.5 Å². The number of carboxylic acid groups (broad SMARTS) is 1. The van der Waals surface area contributed by atoms with Crippen LogP contribution in [-0.4, -0.2) is 57.2 Å². The second kappa shape index (κ2) is 17.3. The average Bonchev–Trinajstić information content (AvgIpc) is 3.45. The number of hydrogen-bond acceptors (Lipinski definition) is 9. The SMILES string of the molecule is CCOC(=O)CCN(C(=O)c1ccc2c(c1)nc(CNc1ccc(C#N)cc1)n2C)c1ccccn1.[C-]#[N+]c1ccc(NCC(=O)O)cc1. The number of imidazole rings is 1. The number of carbonyl (C=O) groups is 3. The third-order valence-electron chi connectivity index (χ3n) is 7.14. The first kappa shape index (κ1) is 35.1. The van der Waals surface area contributed by atoms with E-state index >= 15 is 0 Å². The van der Waals surface area contributed by atoms with Gasteiger partial charge in [0, 0.05) is 36.7 Å². The summed E-state index contributed by atoms with van der Waals surface area (Å²) < 4.78 is 6.99. The van der Waals surface area contributed by atoms with Crippen molar-refractivity contribution in [1.29, 1.82) is 5.26 Å². The first-order valence-electron chi connectivity index (χ1n) is 15.2. The van der Waals surface area contributed by atoms with Gasteiger partial charge in [-0.25, -0.2) is 14.8 Å². The number of carboxylic acids is 1. The molecule has 1 amide bonds. The van der Waals surface area contributed by atoms with Crippen LogP contribution in [0.2, 0.25) is 0 Å². The number of carbonyl (C=O) groups excluding carboxylic acids is 2. The maximum atomic E-state index is 13.5. The number of aryl methyl sites for hydroxylation is 1. The van der Waals surface area contributed by atoms with Crippen LogP contribution in [0.4, 0.5) is 22.9 Å². The Morgan fingerprint density at radius 3 is 2.37 bits per heavy atom. The number of aromatic nitrogens is 3. The van der Waals surface area contributed by atoms with Gasteiger partial charge in [0.25, 0.3) is 5.91 Å². The molecular weight excluding hydrogens is 624 g/mol. The molecule has 5 aromatic rings. The molecule has 2 aromatic heterocycles. The van der Waals surface area contributed by atoms with E-state index in [-0.39, 0.29) is 38.0 Å². The lowest BCUT2D eigenvalue weighted by Gasteiger charge is -2.21.